The van der Waals surface area contributed by atoms with Crippen molar-refractivity contribution < 1.29 is 0 Å². The third-order valence-corrected chi connectivity index (χ3v) is 3.02. The lowest BCUT2D eigenvalue weighted by atomic mass is 10.2. The van der Waals surface area contributed by atoms with Crippen LogP contribution in [-0.2, 0) is 0 Å². The zero-order valence-electron chi connectivity index (χ0n) is 5.73. The molecule has 9 heavy (non-hydrogen) atoms. The molecule has 0 aromatic heterocycles. The van der Waals surface area contributed by atoms with E-state index >= 15 is 0 Å². The van der Waals surface area contributed by atoms with E-state index in [0.717, 1.165) is 12.6 Å². The fraction of sp³-hybridized carbons (Fsp3) is 1.00. The van der Waals surface area contributed by atoms with E-state index in [-0.39, 0.29) is 0 Å². The van der Waals surface area contributed by atoms with Gasteiger partial charge in [0.25, 0.3) is 0 Å². The van der Waals surface area contributed by atoms with Gasteiger partial charge >= 0.3 is 0 Å². The van der Waals surface area contributed by atoms with Crippen LogP contribution in [0.4, 0.5) is 0 Å². The maximum Gasteiger partial charge on any atom is 0.0319 e. The van der Waals surface area contributed by atoms with Gasteiger partial charge in [0.2, 0.25) is 0 Å². The smallest absolute Gasteiger partial charge is 0.0319 e. The molecule has 1 unspecified atom stereocenters. The Morgan fingerprint density at radius 1 is 1.78 bits per heavy atom. The Kier molecular flexibility index (Phi) is 3.21. The van der Waals surface area contributed by atoms with Crippen LogP contribution < -0.4 is 5.32 Å². The Morgan fingerprint density at radius 3 is 3.00 bits per heavy atom. The van der Waals surface area contributed by atoms with Crippen LogP contribution in [0.3, 0.4) is 0 Å². The molecular formula is C6H13IN2. The molecule has 0 spiro atoms. The fourth-order valence-electron chi connectivity index (χ4n) is 1.24. The molecule has 0 saturated carbocycles. The molecule has 1 N–H and O–H groups in total. The highest BCUT2D eigenvalue weighted by molar-refractivity contribution is 14.1. The van der Waals surface area contributed by atoms with E-state index in [9.17, 15) is 0 Å². The monoisotopic (exact) mass is 240 g/mol. The maximum atomic E-state index is 3.19. The fourth-order valence-corrected chi connectivity index (χ4v) is 2.05. The molecular weight excluding hydrogens is 227 g/mol. The summed E-state index contributed by atoms with van der Waals surface area (Å²) in [7, 11) is 2.02. The van der Waals surface area contributed by atoms with E-state index in [0.29, 0.717) is 0 Å². The van der Waals surface area contributed by atoms with E-state index in [2.05, 4.69) is 31.3 Å². The van der Waals surface area contributed by atoms with Gasteiger partial charge in [0.05, 0.1) is 0 Å². The Bertz CT molecular complexity index is 87.1. The molecule has 54 valence electrons. The van der Waals surface area contributed by atoms with E-state index in [1.54, 1.807) is 0 Å². The Hall–Kier alpha value is 0.650. The summed E-state index contributed by atoms with van der Waals surface area (Å²) >= 11 is 2.41. The molecule has 2 nitrogen and oxygen atoms in total. The van der Waals surface area contributed by atoms with Crippen molar-refractivity contribution >= 4 is 22.9 Å². The molecule has 1 fully saturated rings. The zero-order chi connectivity index (χ0) is 6.69. The first kappa shape index (κ1) is 7.75. The molecule has 1 heterocycles. The number of hydrogen-bond acceptors (Lipinski definition) is 2. The van der Waals surface area contributed by atoms with Crippen LogP contribution >= 0.6 is 22.9 Å². The highest BCUT2D eigenvalue weighted by atomic mass is 127. The summed E-state index contributed by atoms with van der Waals surface area (Å²) in [5.41, 5.74) is 0. The second-order valence-corrected chi connectivity index (χ2v) is 3.72. The van der Waals surface area contributed by atoms with Crippen LogP contribution in [-0.4, -0.2) is 29.3 Å². The van der Waals surface area contributed by atoms with Crippen molar-refractivity contribution in [2.24, 2.45) is 0 Å². The molecule has 0 aromatic carbocycles. The van der Waals surface area contributed by atoms with Crippen LogP contribution in [0.1, 0.15) is 12.8 Å². The van der Waals surface area contributed by atoms with Crippen LogP contribution in [0.25, 0.3) is 0 Å². The summed E-state index contributed by atoms with van der Waals surface area (Å²) in [6.07, 6.45) is 2.74. The van der Waals surface area contributed by atoms with Gasteiger partial charge < -0.3 is 5.32 Å². The third-order valence-electron chi connectivity index (χ3n) is 1.75. The molecule has 0 amide bonds. The Balaban J connectivity index is 2.22. The van der Waals surface area contributed by atoms with Crippen molar-refractivity contribution in [3.8, 4) is 0 Å². The minimum absolute atomic E-state index is 0.788. The largest absolute Gasteiger partial charge is 0.318 e. The average Bonchev–Trinajstić information content (AvgIpc) is 2.18. The summed E-state index contributed by atoms with van der Waals surface area (Å²) in [4.78, 5) is 0. The lowest BCUT2D eigenvalue weighted by Gasteiger charge is -2.15. The first-order chi connectivity index (χ1) is 4.34. The van der Waals surface area contributed by atoms with Crippen molar-refractivity contribution in [1.82, 2.24) is 8.43 Å². The second-order valence-electron chi connectivity index (χ2n) is 2.48. The standard InChI is InChI=1S/C6H13IN2/c1-8-5-6-3-2-4-9(6)7/h6,8H,2-5H2,1H3. The molecule has 0 aromatic rings. The highest BCUT2D eigenvalue weighted by Gasteiger charge is 2.20. The molecule has 0 bridgehead atoms. The van der Waals surface area contributed by atoms with E-state index < -0.39 is 0 Å². The highest BCUT2D eigenvalue weighted by Crippen LogP contribution is 2.19. The Labute approximate surface area is 70.5 Å². The quantitative estimate of drug-likeness (QED) is 0.572. The molecule has 3 heteroatoms. The summed E-state index contributed by atoms with van der Waals surface area (Å²) in [5, 5.41) is 3.19. The van der Waals surface area contributed by atoms with Gasteiger partial charge in [-0.3, -0.25) is 0 Å². The molecule has 0 radical (unpaired) electrons. The first-order valence-corrected chi connectivity index (χ1v) is 4.38. The summed E-state index contributed by atoms with van der Waals surface area (Å²) < 4.78 is 2.40. The van der Waals surface area contributed by atoms with Crippen LogP contribution in [0, 0.1) is 0 Å². The lowest BCUT2D eigenvalue weighted by molar-refractivity contribution is 0.452. The zero-order valence-corrected chi connectivity index (χ0v) is 7.89. The number of nitrogens with zero attached hydrogens (tertiary/aromatic N) is 1. The summed E-state index contributed by atoms with van der Waals surface area (Å²) in [6, 6.07) is 0.788. The molecule has 1 rings (SSSR count). The minimum Gasteiger partial charge on any atom is -0.318 e. The van der Waals surface area contributed by atoms with Gasteiger partial charge in [-0.15, -0.1) is 0 Å². The SMILES string of the molecule is CNCC1CCCN1I. The van der Waals surface area contributed by atoms with Gasteiger partial charge in [0.1, 0.15) is 0 Å². The number of nitrogens with one attached hydrogen (secondary N) is 1. The Morgan fingerprint density at radius 2 is 2.56 bits per heavy atom. The predicted octanol–water partition coefficient (Wildman–Crippen LogP) is 1.02. The van der Waals surface area contributed by atoms with Crippen molar-refractivity contribution in [3.63, 3.8) is 0 Å². The van der Waals surface area contributed by atoms with Gasteiger partial charge in [-0.25, -0.2) is 3.11 Å². The van der Waals surface area contributed by atoms with Gasteiger partial charge in [0.15, 0.2) is 0 Å². The third kappa shape index (κ3) is 2.05. The van der Waals surface area contributed by atoms with E-state index in [4.69, 9.17) is 0 Å². The molecule has 1 aliphatic rings. The predicted molar refractivity (Wildman–Crippen MR) is 47.7 cm³/mol. The maximum absolute atomic E-state index is 3.19. The van der Waals surface area contributed by atoms with Crippen molar-refractivity contribution in [2.75, 3.05) is 20.1 Å². The normalized spacial score (nSPS) is 29.3. The van der Waals surface area contributed by atoms with E-state index in [1.807, 2.05) is 7.05 Å². The number of rotatable bonds is 2. The van der Waals surface area contributed by atoms with Crippen LogP contribution in [0.5, 0.6) is 0 Å². The molecule has 0 aliphatic carbocycles. The number of halogens is 1. The summed E-state index contributed by atoms with van der Waals surface area (Å²) in [6.45, 7) is 2.41. The second kappa shape index (κ2) is 3.73. The van der Waals surface area contributed by atoms with Crippen LogP contribution in [0.15, 0.2) is 0 Å². The van der Waals surface area contributed by atoms with Crippen molar-refractivity contribution in [2.45, 2.75) is 18.9 Å². The van der Waals surface area contributed by atoms with Gasteiger partial charge in [-0.05, 0) is 19.9 Å². The first-order valence-electron chi connectivity index (χ1n) is 3.41. The number of likely N-dealkylation sites (N-methyl/N-ethyl adjacent to an activating group) is 1. The summed E-state index contributed by atoms with van der Waals surface area (Å²) in [5.74, 6) is 0. The average molecular weight is 240 g/mol. The lowest BCUT2D eigenvalue weighted by Crippen LogP contribution is -2.30. The minimum atomic E-state index is 0.788. The van der Waals surface area contributed by atoms with Gasteiger partial charge in [-0.1, -0.05) is 0 Å². The number of hydrogen-bond donors (Lipinski definition) is 1. The van der Waals surface area contributed by atoms with Crippen LogP contribution in [0.2, 0.25) is 0 Å². The van der Waals surface area contributed by atoms with Crippen molar-refractivity contribution in [3.05, 3.63) is 0 Å². The molecule has 1 saturated heterocycles. The molecule has 1 atom stereocenters. The van der Waals surface area contributed by atoms with E-state index in [1.165, 1.54) is 19.4 Å². The van der Waals surface area contributed by atoms with Gasteiger partial charge in [0, 0.05) is 42.0 Å². The molecule has 1 aliphatic heterocycles. The topological polar surface area (TPSA) is 15.3 Å². The van der Waals surface area contributed by atoms with Gasteiger partial charge in [-0.2, -0.15) is 0 Å². The van der Waals surface area contributed by atoms with Crippen molar-refractivity contribution in [1.29, 1.82) is 0 Å².